The van der Waals surface area contributed by atoms with E-state index < -0.39 is 6.04 Å². The van der Waals surface area contributed by atoms with Gasteiger partial charge in [0, 0.05) is 25.0 Å². The van der Waals surface area contributed by atoms with E-state index in [4.69, 9.17) is 11.6 Å². The molecule has 0 aliphatic heterocycles. The molecule has 0 aliphatic rings. The fourth-order valence-electron chi connectivity index (χ4n) is 3.04. The van der Waals surface area contributed by atoms with Crippen LogP contribution in [-0.2, 0) is 22.6 Å². The molecule has 0 heterocycles. The van der Waals surface area contributed by atoms with Crippen molar-refractivity contribution in [1.82, 2.24) is 10.2 Å². The van der Waals surface area contributed by atoms with Crippen LogP contribution < -0.4 is 5.32 Å². The molecule has 28 heavy (non-hydrogen) atoms. The SMILES string of the molecule is CNC(=O)[C@@H](C)N(Cc1ccc(Cl)cc1)C(=O)CCc1ccc(C(C)C)cc1. The second kappa shape index (κ2) is 10.3. The number of carbonyl (C=O) groups excluding carboxylic acids is 2. The summed E-state index contributed by atoms with van der Waals surface area (Å²) in [6, 6.07) is 15.2. The summed E-state index contributed by atoms with van der Waals surface area (Å²) < 4.78 is 0. The highest BCUT2D eigenvalue weighted by Gasteiger charge is 2.25. The largest absolute Gasteiger partial charge is 0.357 e. The van der Waals surface area contributed by atoms with E-state index in [9.17, 15) is 9.59 Å². The zero-order valence-electron chi connectivity index (χ0n) is 17.0. The second-order valence-corrected chi connectivity index (χ2v) is 7.77. The third kappa shape index (κ3) is 6.10. The molecule has 1 N–H and O–H groups in total. The first-order valence-corrected chi connectivity index (χ1v) is 10.0. The van der Waals surface area contributed by atoms with Gasteiger partial charge >= 0.3 is 0 Å². The van der Waals surface area contributed by atoms with E-state index in [-0.39, 0.29) is 11.8 Å². The number of hydrogen-bond donors (Lipinski definition) is 1. The van der Waals surface area contributed by atoms with Crippen LogP contribution in [0.4, 0.5) is 0 Å². The van der Waals surface area contributed by atoms with Gasteiger partial charge in [0.1, 0.15) is 6.04 Å². The third-order valence-electron chi connectivity index (χ3n) is 4.95. The molecule has 150 valence electrons. The smallest absolute Gasteiger partial charge is 0.242 e. The lowest BCUT2D eigenvalue weighted by Gasteiger charge is -2.28. The van der Waals surface area contributed by atoms with Crippen LogP contribution in [0.1, 0.15) is 49.8 Å². The van der Waals surface area contributed by atoms with Gasteiger partial charge in [-0.15, -0.1) is 0 Å². The zero-order valence-corrected chi connectivity index (χ0v) is 17.8. The first-order chi connectivity index (χ1) is 13.3. The molecule has 0 saturated heterocycles. The van der Waals surface area contributed by atoms with Crippen molar-refractivity contribution in [1.29, 1.82) is 0 Å². The van der Waals surface area contributed by atoms with E-state index in [1.807, 2.05) is 12.1 Å². The molecule has 2 amide bonds. The zero-order chi connectivity index (χ0) is 20.7. The van der Waals surface area contributed by atoms with Crippen LogP contribution in [0, 0.1) is 0 Å². The van der Waals surface area contributed by atoms with Gasteiger partial charge < -0.3 is 10.2 Å². The maximum atomic E-state index is 12.9. The van der Waals surface area contributed by atoms with Crippen LogP contribution in [-0.4, -0.2) is 29.8 Å². The van der Waals surface area contributed by atoms with Gasteiger partial charge in [0.2, 0.25) is 11.8 Å². The average molecular weight is 401 g/mol. The number of amides is 2. The highest BCUT2D eigenvalue weighted by molar-refractivity contribution is 6.30. The summed E-state index contributed by atoms with van der Waals surface area (Å²) in [6.45, 7) is 6.45. The van der Waals surface area contributed by atoms with Crippen LogP contribution in [0.5, 0.6) is 0 Å². The Morgan fingerprint density at radius 3 is 2.07 bits per heavy atom. The van der Waals surface area contributed by atoms with Crippen molar-refractivity contribution in [3.63, 3.8) is 0 Å². The Hall–Kier alpha value is -2.33. The lowest BCUT2D eigenvalue weighted by atomic mass is 10.00. The topological polar surface area (TPSA) is 49.4 Å². The second-order valence-electron chi connectivity index (χ2n) is 7.33. The van der Waals surface area contributed by atoms with Crippen molar-refractivity contribution < 1.29 is 9.59 Å². The predicted molar refractivity (Wildman–Crippen MR) is 114 cm³/mol. The minimum Gasteiger partial charge on any atom is -0.357 e. The van der Waals surface area contributed by atoms with E-state index in [2.05, 4.69) is 43.4 Å². The Labute approximate surface area is 172 Å². The standard InChI is InChI=1S/C23H29ClN2O2/c1-16(2)20-10-5-18(6-11-20)9-14-22(27)26(17(3)23(28)25-4)15-19-7-12-21(24)13-8-19/h5-8,10-13,16-17H,9,14-15H2,1-4H3,(H,25,28)/t17-/m1/s1. The summed E-state index contributed by atoms with van der Waals surface area (Å²) in [7, 11) is 1.58. The quantitative estimate of drug-likeness (QED) is 0.706. The van der Waals surface area contributed by atoms with Crippen LogP contribution in [0.25, 0.3) is 0 Å². The van der Waals surface area contributed by atoms with E-state index >= 15 is 0 Å². The molecule has 4 nitrogen and oxygen atoms in total. The molecule has 2 rings (SSSR count). The molecular weight excluding hydrogens is 372 g/mol. The highest BCUT2D eigenvalue weighted by atomic mass is 35.5. The van der Waals surface area contributed by atoms with Gasteiger partial charge in [-0.25, -0.2) is 0 Å². The van der Waals surface area contributed by atoms with E-state index in [0.29, 0.717) is 30.3 Å². The molecule has 1 atom stereocenters. The maximum absolute atomic E-state index is 12.9. The Bertz CT molecular complexity index is 785. The first kappa shape index (κ1) is 22.0. The van der Waals surface area contributed by atoms with Gasteiger partial charge in [0.05, 0.1) is 0 Å². The summed E-state index contributed by atoms with van der Waals surface area (Å²) in [5.74, 6) is 0.265. The normalized spacial score (nSPS) is 11.9. The Morgan fingerprint density at radius 2 is 1.54 bits per heavy atom. The Balaban J connectivity index is 2.09. The van der Waals surface area contributed by atoms with E-state index in [1.165, 1.54) is 5.56 Å². The number of hydrogen-bond acceptors (Lipinski definition) is 2. The Morgan fingerprint density at radius 1 is 0.964 bits per heavy atom. The summed E-state index contributed by atoms with van der Waals surface area (Å²) in [6.07, 6.45) is 1.00. The molecule has 0 unspecified atom stereocenters. The number of carbonyl (C=O) groups is 2. The first-order valence-electron chi connectivity index (χ1n) is 9.66. The predicted octanol–water partition coefficient (Wildman–Crippen LogP) is 4.56. The summed E-state index contributed by atoms with van der Waals surface area (Å²) in [5, 5.41) is 3.28. The Kier molecular flexibility index (Phi) is 8.06. The third-order valence-corrected chi connectivity index (χ3v) is 5.21. The van der Waals surface area contributed by atoms with E-state index in [1.54, 1.807) is 31.0 Å². The van der Waals surface area contributed by atoms with Crippen molar-refractivity contribution in [2.45, 2.75) is 52.1 Å². The van der Waals surface area contributed by atoms with Crippen LogP contribution in [0.15, 0.2) is 48.5 Å². The maximum Gasteiger partial charge on any atom is 0.242 e. The number of likely N-dealkylation sites (N-methyl/N-ethyl adjacent to an activating group) is 1. The molecule has 0 spiro atoms. The lowest BCUT2D eigenvalue weighted by molar-refractivity contribution is -0.140. The number of nitrogens with one attached hydrogen (secondary N) is 1. The number of benzene rings is 2. The highest BCUT2D eigenvalue weighted by Crippen LogP contribution is 2.17. The van der Waals surface area contributed by atoms with Crippen LogP contribution in [0.2, 0.25) is 5.02 Å². The van der Waals surface area contributed by atoms with Gasteiger partial charge in [-0.05, 0) is 48.1 Å². The molecule has 0 aromatic heterocycles. The number of rotatable bonds is 8. The molecule has 5 heteroatoms. The molecule has 0 saturated carbocycles. The lowest BCUT2D eigenvalue weighted by Crippen LogP contribution is -2.46. The molecule has 0 aliphatic carbocycles. The van der Waals surface area contributed by atoms with Gasteiger partial charge in [-0.3, -0.25) is 9.59 Å². The summed E-state index contributed by atoms with van der Waals surface area (Å²) in [5.41, 5.74) is 3.35. The fourth-order valence-corrected chi connectivity index (χ4v) is 3.17. The van der Waals surface area contributed by atoms with Crippen LogP contribution in [0.3, 0.4) is 0 Å². The summed E-state index contributed by atoms with van der Waals surface area (Å²) in [4.78, 5) is 26.7. The number of nitrogens with zero attached hydrogens (tertiary/aromatic N) is 1. The molecule has 0 fully saturated rings. The van der Waals surface area contributed by atoms with Crippen LogP contribution >= 0.6 is 11.6 Å². The van der Waals surface area contributed by atoms with Gasteiger partial charge in [-0.1, -0.05) is 61.8 Å². The average Bonchev–Trinajstić information content (AvgIpc) is 2.70. The minimum atomic E-state index is -0.545. The fraction of sp³-hybridized carbons (Fsp3) is 0.391. The van der Waals surface area contributed by atoms with E-state index in [0.717, 1.165) is 11.1 Å². The van der Waals surface area contributed by atoms with Crippen molar-refractivity contribution in [3.05, 3.63) is 70.2 Å². The molecule has 2 aromatic carbocycles. The number of aryl methyl sites for hydroxylation is 1. The van der Waals surface area contributed by atoms with Crippen molar-refractivity contribution in [3.8, 4) is 0 Å². The van der Waals surface area contributed by atoms with Gasteiger partial charge in [-0.2, -0.15) is 0 Å². The van der Waals surface area contributed by atoms with Gasteiger partial charge in [0.15, 0.2) is 0 Å². The van der Waals surface area contributed by atoms with Crippen molar-refractivity contribution in [2.75, 3.05) is 7.05 Å². The van der Waals surface area contributed by atoms with Gasteiger partial charge in [0.25, 0.3) is 0 Å². The van der Waals surface area contributed by atoms with Crippen molar-refractivity contribution in [2.24, 2.45) is 0 Å². The molecule has 0 bridgehead atoms. The molecule has 0 radical (unpaired) electrons. The number of halogens is 1. The minimum absolute atomic E-state index is 0.0426. The van der Waals surface area contributed by atoms with Crippen molar-refractivity contribution >= 4 is 23.4 Å². The molecular formula is C23H29ClN2O2. The summed E-state index contributed by atoms with van der Waals surface area (Å²) >= 11 is 5.95. The molecule has 2 aromatic rings. The monoisotopic (exact) mass is 400 g/mol.